The summed E-state index contributed by atoms with van der Waals surface area (Å²) in [4.78, 5) is 11.3. The van der Waals surface area contributed by atoms with Crippen molar-refractivity contribution in [3.8, 4) is 11.5 Å². The fraction of sp³-hybridized carbons (Fsp3) is 0.276. The van der Waals surface area contributed by atoms with Crippen LogP contribution in [-0.2, 0) is 9.53 Å². The van der Waals surface area contributed by atoms with Crippen molar-refractivity contribution >= 4 is 29.2 Å². The van der Waals surface area contributed by atoms with Crippen molar-refractivity contribution in [1.82, 2.24) is 0 Å². The lowest BCUT2D eigenvalue weighted by atomic mass is 9.74. The van der Waals surface area contributed by atoms with Gasteiger partial charge in [0.15, 0.2) is 18.1 Å². The molecule has 4 atom stereocenters. The van der Waals surface area contributed by atoms with Gasteiger partial charge in [0.05, 0.1) is 19.3 Å². The first-order valence-corrected chi connectivity index (χ1v) is 12.5. The molecule has 0 radical (unpaired) electrons. The second-order valence-corrected chi connectivity index (χ2v) is 9.96. The zero-order valence-corrected chi connectivity index (χ0v) is 21.9. The number of ether oxygens (including phenoxy) is 3. The van der Waals surface area contributed by atoms with E-state index in [0.717, 1.165) is 11.1 Å². The Morgan fingerprint density at radius 2 is 1.81 bits per heavy atom. The number of rotatable bonds is 8. The highest BCUT2D eigenvalue weighted by molar-refractivity contribution is 6.31. The number of hydrogen-bond acceptors (Lipinski definition) is 4. The van der Waals surface area contributed by atoms with Crippen LogP contribution in [0, 0.1) is 11.7 Å². The minimum Gasteiger partial charge on any atom is -0.493 e. The van der Waals surface area contributed by atoms with Gasteiger partial charge >= 0.3 is 5.97 Å². The summed E-state index contributed by atoms with van der Waals surface area (Å²) in [5.41, 5.74) is 3.01. The van der Waals surface area contributed by atoms with Crippen LogP contribution in [0.3, 0.4) is 0 Å². The van der Waals surface area contributed by atoms with Gasteiger partial charge in [-0.2, -0.15) is 0 Å². The number of halogens is 3. The molecule has 1 heterocycles. The van der Waals surface area contributed by atoms with E-state index in [-0.39, 0.29) is 29.2 Å². The molecular formula is C29H27Cl2FO5. The number of hydrogen-bond donors (Lipinski definition) is 1. The molecule has 0 amide bonds. The number of aliphatic carboxylic acids is 1. The van der Waals surface area contributed by atoms with Gasteiger partial charge in [0.2, 0.25) is 0 Å². The molecule has 1 aliphatic heterocycles. The summed E-state index contributed by atoms with van der Waals surface area (Å²) in [7, 11) is 1.45. The largest absolute Gasteiger partial charge is 0.493 e. The molecule has 5 nitrogen and oxygen atoms in total. The Balaban J connectivity index is 1.87. The van der Waals surface area contributed by atoms with Gasteiger partial charge in [0, 0.05) is 33.5 Å². The fourth-order valence-electron chi connectivity index (χ4n) is 4.90. The van der Waals surface area contributed by atoms with Gasteiger partial charge in [-0.1, -0.05) is 59.6 Å². The van der Waals surface area contributed by atoms with Crippen LogP contribution in [0.2, 0.25) is 10.0 Å². The predicted octanol–water partition coefficient (Wildman–Crippen LogP) is 7.78. The molecular weight excluding hydrogens is 518 g/mol. The van der Waals surface area contributed by atoms with E-state index < -0.39 is 24.8 Å². The minimum atomic E-state index is -1.14. The van der Waals surface area contributed by atoms with Crippen molar-refractivity contribution in [3.05, 3.63) is 105 Å². The molecule has 0 bridgehead atoms. The second-order valence-electron chi connectivity index (χ2n) is 9.09. The van der Waals surface area contributed by atoms with Crippen LogP contribution in [0.1, 0.15) is 48.2 Å². The monoisotopic (exact) mass is 544 g/mol. The van der Waals surface area contributed by atoms with E-state index in [0.29, 0.717) is 27.6 Å². The maximum absolute atomic E-state index is 14.3. The molecule has 194 valence electrons. The Bertz CT molecular complexity index is 1310. The molecule has 4 rings (SSSR count). The summed E-state index contributed by atoms with van der Waals surface area (Å²) in [6, 6.07) is 17.1. The van der Waals surface area contributed by atoms with E-state index in [1.165, 1.54) is 19.2 Å². The van der Waals surface area contributed by atoms with E-state index in [4.69, 9.17) is 37.4 Å². The number of methoxy groups -OCH3 is 1. The Hall–Kier alpha value is -3.06. The molecule has 0 saturated carbocycles. The van der Waals surface area contributed by atoms with Crippen molar-refractivity contribution < 1.29 is 28.5 Å². The summed E-state index contributed by atoms with van der Waals surface area (Å²) in [5.74, 6) is -1.37. The number of carboxylic acids is 1. The lowest BCUT2D eigenvalue weighted by Crippen LogP contribution is -2.32. The third-order valence-corrected chi connectivity index (χ3v) is 6.99. The van der Waals surface area contributed by atoms with E-state index in [1.54, 1.807) is 24.3 Å². The quantitative estimate of drug-likeness (QED) is 0.293. The number of carboxylic acid groups (broad SMARTS) is 1. The van der Waals surface area contributed by atoms with Crippen molar-refractivity contribution in [2.45, 2.75) is 31.5 Å². The molecule has 1 fully saturated rings. The second kappa shape index (κ2) is 11.5. The smallest absolute Gasteiger partial charge is 0.341 e. The first-order valence-electron chi connectivity index (χ1n) is 11.7. The molecule has 3 aromatic carbocycles. The average molecular weight is 545 g/mol. The SMILES string of the molecule is C=C(C)[C@H]1C[C@H](c2cccc(Cl)c2)[C@H](c2cccc(F)c2)O[C@@H]1c1cc(Cl)cc(OC)c1OCC(=O)O. The van der Waals surface area contributed by atoms with E-state index in [9.17, 15) is 14.3 Å². The molecule has 0 aliphatic carbocycles. The van der Waals surface area contributed by atoms with Gasteiger partial charge in [-0.3, -0.25) is 0 Å². The van der Waals surface area contributed by atoms with Crippen LogP contribution in [-0.4, -0.2) is 24.8 Å². The van der Waals surface area contributed by atoms with Gasteiger partial charge < -0.3 is 19.3 Å². The van der Waals surface area contributed by atoms with Crippen molar-refractivity contribution in [3.63, 3.8) is 0 Å². The highest BCUT2D eigenvalue weighted by Crippen LogP contribution is 2.54. The molecule has 0 spiro atoms. The normalized spacial score (nSPS) is 21.3. The van der Waals surface area contributed by atoms with E-state index in [1.807, 2.05) is 31.2 Å². The van der Waals surface area contributed by atoms with E-state index in [2.05, 4.69) is 6.58 Å². The Morgan fingerprint density at radius 3 is 2.46 bits per heavy atom. The maximum Gasteiger partial charge on any atom is 0.341 e. The van der Waals surface area contributed by atoms with Crippen molar-refractivity contribution in [2.75, 3.05) is 13.7 Å². The average Bonchev–Trinajstić information content (AvgIpc) is 2.86. The van der Waals surface area contributed by atoms with Gasteiger partial charge in [-0.25, -0.2) is 9.18 Å². The van der Waals surface area contributed by atoms with Crippen LogP contribution in [0.25, 0.3) is 0 Å². The topological polar surface area (TPSA) is 65.0 Å². The lowest BCUT2D eigenvalue weighted by Gasteiger charge is -2.43. The zero-order chi connectivity index (χ0) is 26.7. The summed E-state index contributed by atoms with van der Waals surface area (Å²) in [6.07, 6.45) is -0.570. The Kier molecular flexibility index (Phi) is 8.42. The summed E-state index contributed by atoms with van der Waals surface area (Å²) < 4.78 is 32.3. The van der Waals surface area contributed by atoms with Crippen molar-refractivity contribution in [2.24, 2.45) is 5.92 Å². The van der Waals surface area contributed by atoms with Gasteiger partial charge in [0.25, 0.3) is 0 Å². The van der Waals surface area contributed by atoms with Crippen LogP contribution >= 0.6 is 23.2 Å². The van der Waals surface area contributed by atoms with Crippen LogP contribution in [0.4, 0.5) is 4.39 Å². The summed E-state index contributed by atoms with van der Waals surface area (Å²) in [6.45, 7) is 5.56. The van der Waals surface area contributed by atoms with Crippen LogP contribution in [0.5, 0.6) is 11.5 Å². The Labute approximate surface area is 225 Å². The standard InChI is InChI=1S/C29H27Cl2FO5/c1-16(2)22-14-23(17-6-4-8-19(30)10-17)27(18-7-5-9-21(32)11-18)37-28(22)24-12-20(31)13-25(35-3)29(24)36-15-26(33)34/h4-13,22-23,27-28H,1,14-15H2,2-3H3,(H,33,34)/t22-,23-,27+,28+/m1/s1. The maximum atomic E-state index is 14.3. The third kappa shape index (κ3) is 6.09. The van der Waals surface area contributed by atoms with Crippen LogP contribution in [0.15, 0.2) is 72.8 Å². The number of carbonyl (C=O) groups is 1. The fourth-order valence-corrected chi connectivity index (χ4v) is 5.32. The molecule has 3 aromatic rings. The minimum absolute atomic E-state index is 0.164. The molecule has 1 aliphatic rings. The van der Waals surface area contributed by atoms with E-state index >= 15 is 0 Å². The first-order chi connectivity index (χ1) is 17.7. The zero-order valence-electron chi connectivity index (χ0n) is 20.4. The predicted molar refractivity (Wildman–Crippen MR) is 141 cm³/mol. The van der Waals surface area contributed by atoms with Gasteiger partial charge in [-0.15, -0.1) is 0 Å². The van der Waals surface area contributed by atoms with Gasteiger partial charge in [-0.05, 0) is 54.8 Å². The molecule has 1 saturated heterocycles. The summed E-state index contributed by atoms with van der Waals surface area (Å²) in [5, 5.41) is 10.2. The molecule has 8 heteroatoms. The molecule has 37 heavy (non-hydrogen) atoms. The molecule has 1 N–H and O–H groups in total. The molecule has 0 aromatic heterocycles. The van der Waals surface area contributed by atoms with Gasteiger partial charge in [0.1, 0.15) is 5.82 Å². The third-order valence-electron chi connectivity index (χ3n) is 6.53. The Morgan fingerprint density at radius 1 is 1.08 bits per heavy atom. The molecule has 0 unspecified atom stereocenters. The van der Waals surface area contributed by atoms with Crippen molar-refractivity contribution in [1.29, 1.82) is 0 Å². The highest BCUT2D eigenvalue weighted by atomic mass is 35.5. The van der Waals surface area contributed by atoms with Crippen LogP contribution < -0.4 is 9.47 Å². The summed E-state index contributed by atoms with van der Waals surface area (Å²) >= 11 is 12.8. The first kappa shape index (κ1) is 27.0. The number of benzene rings is 3. The lowest BCUT2D eigenvalue weighted by molar-refractivity contribution is -0.139. The highest BCUT2D eigenvalue weighted by Gasteiger charge is 2.42.